The number of hydrogen-bond donors (Lipinski definition) is 1. The first-order valence-corrected chi connectivity index (χ1v) is 11.1. The summed E-state index contributed by atoms with van der Waals surface area (Å²) in [6.07, 6.45) is 0. The molecule has 0 radical (unpaired) electrons. The van der Waals surface area contributed by atoms with Crippen molar-refractivity contribution in [2.45, 2.75) is 24.0 Å². The number of amides is 1. The van der Waals surface area contributed by atoms with Crippen molar-refractivity contribution in [3.63, 3.8) is 0 Å². The highest BCUT2D eigenvalue weighted by atomic mass is 32.2. The summed E-state index contributed by atoms with van der Waals surface area (Å²) in [5, 5.41) is 3.09. The highest BCUT2D eigenvalue weighted by Crippen LogP contribution is 2.28. The van der Waals surface area contributed by atoms with Crippen molar-refractivity contribution in [3.8, 4) is 0 Å². The van der Waals surface area contributed by atoms with Gasteiger partial charge in [-0.3, -0.25) is 4.79 Å². The molecule has 6 nitrogen and oxygen atoms in total. The molecule has 1 aliphatic rings. The predicted octanol–water partition coefficient (Wildman–Crippen LogP) is 3.42. The van der Waals surface area contributed by atoms with Crippen LogP contribution in [0.1, 0.15) is 5.56 Å². The number of benzene rings is 2. The van der Waals surface area contributed by atoms with Crippen molar-refractivity contribution >= 4 is 34.4 Å². The van der Waals surface area contributed by atoms with Crippen LogP contribution in [-0.4, -0.2) is 59.3 Å². The first-order valence-electron chi connectivity index (χ1n) is 10.2. The van der Waals surface area contributed by atoms with Gasteiger partial charge >= 0.3 is 0 Å². The van der Waals surface area contributed by atoms with Crippen LogP contribution in [0, 0.1) is 0 Å². The summed E-state index contributed by atoms with van der Waals surface area (Å²) in [4.78, 5) is 21.6. The molecule has 0 aliphatic carbocycles. The van der Waals surface area contributed by atoms with Crippen molar-refractivity contribution in [2.75, 3.05) is 38.1 Å². The quantitative estimate of drug-likeness (QED) is 0.565. The topological polar surface area (TPSA) is 53.4 Å². The highest BCUT2D eigenvalue weighted by molar-refractivity contribution is 7.99. The molecule has 1 fully saturated rings. The van der Waals surface area contributed by atoms with Crippen LogP contribution < -0.4 is 10.2 Å². The Morgan fingerprint density at radius 2 is 1.81 bits per heavy atom. The van der Waals surface area contributed by atoms with E-state index in [1.807, 2.05) is 24.3 Å². The first-order chi connectivity index (χ1) is 15.0. The summed E-state index contributed by atoms with van der Waals surface area (Å²) < 4.78 is 27.5. The number of carbonyl (C=O) groups excluding carboxylic acids is 1. The number of nitrogens with one attached hydrogen (secondary N) is 1. The zero-order valence-electron chi connectivity index (χ0n) is 17.3. The Labute approximate surface area is 184 Å². The summed E-state index contributed by atoms with van der Waals surface area (Å²) in [5.41, 5.74) is 3.42. The first kappa shape index (κ1) is 21.6. The summed E-state index contributed by atoms with van der Waals surface area (Å²) in [6, 6.07) is 15.2. The van der Waals surface area contributed by atoms with E-state index >= 15 is 0 Å². The summed E-state index contributed by atoms with van der Waals surface area (Å²) in [6.45, 7) is 4.20. The van der Waals surface area contributed by atoms with Crippen LogP contribution in [0.4, 0.5) is 14.5 Å². The molecule has 3 aromatic rings. The minimum atomic E-state index is -2.60. The van der Waals surface area contributed by atoms with E-state index in [1.54, 1.807) is 22.8 Å². The number of carbonyl (C=O) groups is 1. The minimum Gasteiger partial charge on any atom is -0.369 e. The van der Waals surface area contributed by atoms with Gasteiger partial charge in [-0.05, 0) is 42.6 Å². The van der Waals surface area contributed by atoms with Gasteiger partial charge in [-0.15, -0.1) is 0 Å². The molecular weight excluding hydrogens is 420 g/mol. The van der Waals surface area contributed by atoms with Gasteiger partial charge in [0.2, 0.25) is 5.91 Å². The van der Waals surface area contributed by atoms with E-state index in [4.69, 9.17) is 0 Å². The Morgan fingerprint density at radius 3 is 2.58 bits per heavy atom. The lowest BCUT2D eigenvalue weighted by Crippen LogP contribution is -2.45. The fourth-order valence-corrected chi connectivity index (χ4v) is 4.39. The third-order valence-electron chi connectivity index (χ3n) is 5.43. The second-order valence-corrected chi connectivity index (χ2v) is 8.50. The standard InChI is InChI=1S/C22H25F2N5OS/c1-27-10-12-28(13-11-27)18-8-4-2-6-16(18)14-25-20(30)15-29-19-9-5-3-7-17(19)26-22(29)31-21(23)24/h2-9,21H,10-15H2,1H3,(H,25,30). The molecular formula is C22H25F2N5OS. The summed E-state index contributed by atoms with van der Waals surface area (Å²) >= 11 is 0.357. The number of para-hydroxylation sites is 3. The molecule has 164 valence electrons. The summed E-state index contributed by atoms with van der Waals surface area (Å²) in [5.74, 6) is -2.85. The second-order valence-electron chi connectivity index (χ2n) is 7.54. The van der Waals surface area contributed by atoms with Gasteiger partial charge in [-0.1, -0.05) is 30.3 Å². The Bertz CT molecular complexity index is 1050. The SMILES string of the molecule is CN1CCN(c2ccccc2CNC(=O)Cn2c(SC(F)F)nc3ccccc32)CC1. The van der Waals surface area contributed by atoms with Gasteiger partial charge in [0.1, 0.15) is 6.54 Å². The van der Waals surface area contributed by atoms with Crippen LogP contribution in [0.25, 0.3) is 11.0 Å². The number of thioether (sulfide) groups is 1. The van der Waals surface area contributed by atoms with E-state index < -0.39 is 5.76 Å². The van der Waals surface area contributed by atoms with Crippen LogP contribution in [0.3, 0.4) is 0 Å². The smallest absolute Gasteiger partial charge is 0.291 e. The minimum absolute atomic E-state index is 0.0633. The molecule has 1 amide bonds. The van der Waals surface area contributed by atoms with Crippen molar-refractivity contribution in [1.82, 2.24) is 19.8 Å². The number of anilines is 1. The number of rotatable bonds is 7. The number of hydrogen-bond acceptors (Lipinski definition) is 5. The van der Waals surface area contributed by atoms with Crippen LogP contribution in [0.15, 0.2) is 53.7 Å². The van der Waals surface area contributed by atoms with Crippen LogP contribution in [-0.2, 0) is 17.9 Å². The maximum Gasteiger partial charge on any atom is 0.291 e. The second kappa shape index (κ2) is 9.65. The molecule has 4 rings (SSSR count). The zero-order chi connectivity index (χ0) is 21.8. The molecule has 1 N–H and O–H groups in total. The lowest BCUT2D eigenvalue weighted by molar-refractivity contribution is -0.121. The normalized spacial score (nSPS) is 15.0. The van der Waals surface area contributed by atoms with E-state index in [0.717, 1.165) is 37.4 Å². The van der Waals surface area contributed by atoms with Crippen LogP contribution >= 0.6 is 11.8 Å². The van der Waals surface area contributed by atoms with Crippen LogP contribution in [0.2, 0.25) is 0 Å². The van der Waals surface area contributed by atoms with Crippen molar-refractivity contribution < 1.29 is 13.6 Å². The molecule has 0 saturated carbocycles. The third kappa shape index (κ3) is 5.16. The molecule has 2 aromatic carbocycles. The maximum atomic E-state index is 13.0. The molecule has 1 saturated heterocycles. The van der Waals surface area contributed by atoms with Gasteiger partial charge in [0.25, 0.3) is 5.76 Å². The Balaban J connectivity index is 1.46. The molecule has 0 unspecified atom stereocenters. The molecule has 0 spiro atoms. The number of alkyl halides is 2. The van der Waals surface area contributed by atoms with Gasteiger partial charge in [0.05, 0.1) is 11.0 Å². The van der Waals surface area contributed by atoms with E-state index in [9.17, 15) is 13.6 Å². The molecule has 31 heavy (non-hydrogen) atoms. The largest absolute Gasteiger partial charge is 0.369 e. The predicted molar refractivity (Wildman–Crippen MR) is 120 cm³/mol. The fraction of sp³-hybridized carbons (Fsp3) is 0.364. The summed E-state index contributed by atoms with van der Waals surface area (Å²) in [7, 11) is 2.11. The lowest BCUT2D eigenvalue weighted by atomic mass is 10.1. The maximum absolute atomic E-state index is 13.0. The monoisotopic (exact) mass is 445 g/mol. The van der Waals surface area contributed by atoms with Crippen molar-refractivity contribution in [3.05, 3.63) is 54.1 Å². The van der Waals surface area contributed by atoms with Gasteiger partial charge in [-0.2, -0.15) is 8.78 Å². The number of fused-ring (bicyclic) bond motifs is 1. The molecule has 2 heterocycles. The Kier molecular flexibility index (Phi) is 6.72. The van der Waals surface area contributed by atoms with Gasteiger partial charge in [-0.25, -0.2) is 4.98 Å². The van der Waals surface area contributed by atoms with Gasteiger partial charge in [0, 0.05) is 38.4 Å². The molecule has 9 heteroatoms. The third-order valence-corrected chi connectivity index (χ3v) is 6.13. The Morgan fingerprint density at radius 1 is 1.10 bits per heavy atom. The number of aromatic nitrogens is 2. The molecule has 0 bridgehead atoms. The van der Waals surface area contributed by atoms with E-state index in [1.165, 1.54) is 0 Å². The average Bonchev–Trinajstić information content (AvgIpc) is 3.09. The van der Waals surface area contributed by atoms with Gasteiger partial charge < -0.3 is 19.7 Å². The van der Waals surface area contributed by atoms with Gasteiger partial charge in [0.15, 0.2) is 5.16 Å². The van der Waals surface area contributed by atoms with Crippen LogP contribution in [0.5, 0.6) is 0 Å². The number of halogens is 2. The van der Waals surface area contributed by atoms with Crippen molar-refractivity contribution in [2.24, 2.45) is 0 Å². The molecule has 1 aliphatic heterocycles. The van der Waals surface area contributed by atoms with E-state index in [2.05, 4.69) is 33.2 Å². The number of likely N-dealkylation sites (N-methyl/N-ethyl adjacent to an activating group) is 1. The zero-order valence-corrected chi connectivity index (χ0v) is 18.1. The average molecular weight is 446 g/mol. The molecule has 1 aromatic heterocycles. The molecule has 0 atom stereocenters. The highest BCUT2D eigenvalue weighted by Gasteiger charge is 2.19. The number of imidazole rings is 1. The Hall–Kier alpha value is -2.65. The van der Waals surface area contributed by atoms with E-state index in [-0.39, 0.29) is 17.6 Å². The fourth-order valence-electron chi connectivity index (χ4n) is 3.79. The van der Waals surface area contributed by atoms with Crippen molar-refractivity contribution in [1.29, 1.82) is 0 Å². The lowest BCUT2D eigenvalue weighted by Gasteiger charge is -2.35. The van der Waals surface area contributed by atoms with E-state index in [0.29, 0.717) is 29.3 Å². The number of piperazine rings is 1. The number of nitrogens with zero attached hydrogens (tertiary/aromatic N) is 4.